The Hall–Kier alpha value is -1.37. The second kappa shape index (κ2) is 5.33. The topological polar surface area (TPSA) is 40.6 Å². The largest absolute Gasteiger partial charge is 0.306 e. The minimum Gasteiger partial charge on any atom is -0.306 e. The molecule has 0 unspecified atom stereocenters. The molecule has 4 rings (SSSR count). The van der Waals surface area contributed by atoms with E-state index in [4.69, 9.17) is 0 Å². The van der Waals surface area contributed by atoms with Crippen LogP contribution in [0.25, 0.3) is 0 Å². The maximum absolute atomic E-state index is 13.2. The average Bonchev–Trinajstić information content (AvgIpc) is 3.13. The molecule has 0 radical (unpaired) electrons. The molecular formula is C17H20N2O2S2. The number of likely N-dealkylation sites (tertiary alicyclic amines) is 1. The van der Waals surface area contributed by atoms with E-state index in [0.29, 0.717) is 4.21 Å². The van der Waals surface area contributed by atoms with Gasteiger partial charge in [-0.3, -0.25) is 4.31 Å². The van der Waals surface area contributed by atoms with Crippen LogP contribution in [0.4, 0.5) is 5.69 Å². The number of piperidine rings is 1. The van der Waals surface area contributed by atoms with Crippen molar-refractivity contribution in [3.8, 4) is 0 Å². The van der Waals surface area contributed by atoms with Gasteiger partial charge in [-0.1, -0.05) is 23.8 Å². The van der Waals surface area contributed by atoms with E-state index in [1.54, 1.807) is 16.4 Å². The minimum atomic E-state index is -3.48. The molecule has 1 fully saturated rings. The molecule has 23 heavy (non-hydrogen) atoms. The standard InChI is InChI=1S/C17H20N2O2S2/c1-12-5-6-15-13(10-12)14-11-18(2)8-7-16(14)19(15)23(20,21)17-4-3-9-22-17/h3-6,9-10,14,16H,7-8,11H2,1-2H3/t14-,16+/m1/s1. The van der Waals surface area contributed by atoms with E-state index in [0.717, 1.165) is 25.2 Å². The van der Waals surface area contributed by atoms with Crippen LogP contribution < -0.4 is 4.31 Å². The summed E-state index contributed by atoms with van der Waals surface area (Å²) in [5.41, 5.74) is 3.24. The predicted molar refractivity (Wildman–Crippen MR) is 93.8 cm³/mol. The first kappa shape index (κ1) is 15.2. The number of hydrogen-bond acceptors (Lipinski definition) is 4. The summed E-state index contributed by atoms with van der Waals surface area (Å²) in [7, 11) is -1.36. The van der Waals surface area contributed by atoms with Crippen molar-refractivity contribution >= 4 is 27.0 Å². The Balaban J connectivity index is 1.87. The molecule has 1 aromatic heterocycles. The molecule has 0 aliphatic carbocycles. The van der Waals surface area contributed by atoms with Gasteiger partial charge < -0.3 is 4.90 Å². The Labute approximate surface area is 141 Å². The Morgan fingerprint density at radius 1 is 1.26 bits per heavy atom. The molecule has 0 bridgehead atoms. The van der Waals surface area contributed by atoms with Crippen LogP contribution in [0.2, 0.25) is 0 Å². The third kappa shape index (κ3) is 2.31. The highest BCUT2D eigenvalue weighted by Gasteiger charge is 2.46. The van der Waals surface area contributed by atoms with Crippen molar-refractivity contribution in [3.63, 3.8) is 0 Å². The van der Waals surface area contributed by atoms with Crippen LogP contribution >= 0.6 is 11.3 Å². The lowest BCUT2D eigenvalue weighted by Gasteiger charge is -2.36. The molecule has 4 nitrogen and oxygen atoms in total. The van der Waals surface area contributed by atoms with Crippen LogP contribution in [0.5, 0.6) is 0 Å². The summed E-state index contributed by atoms with van der Waals surface area (Å²) in [6.07, 6.45) is 0.875. The molecule has 0 saturated carbocycles. The van der Waals surface area contributed by atoms with Crippen molar-refractivity contribution in [1.82, 2.24) is 4.90 Å². The van der Waals surface area contributed by atoms with Crippen molar-refractivity contribution in [2.45, 2.75) is 29.5 Å². The molecule has 2 aliphatic rings. The maximum atomic E-state index is 13.2. The quantitative estimate of drug-likeness (QED) is 0.837. The lowest BCUT2D eigenvalue weighted by molar-refractivity contribution is 0.237. The van der Waals surface area contributed by atoms with E-state index in [9.17, 15) is 8.42 Å². The molecule has 2 aromatic rings. The number of thiophene rings is 1. The fourth-order valence-corrected chi connectivity index (χ4v) is 6.67. The van der Waals surface area contributed by atoms with Crippen LogP contribution in [0.15, 0.2) is 39.9 Å². The molecule has 1 aromatic carbocycles. The Morgan fingerprint density at radius 3 is 2.83 bits per heavy atom. The van der Waals surface area contributed by atoms with Crippen molar-refractivity contribution < 1.29 is 8.42 Å². The number of hydrogen-bond donors (Lipinski definition) is 0. The number of likely N-dealkylation sites (N-methyl/N-ethyl adjacent to an activating group) is 1. The first-order valence-corrected chi connectivity index (χ1v) is 10.2. The van der Waals surface area contributed by atoms with Gasteiger partial charge in [-0.05, 0) is 50.0 Å². The first-order valence-electron chi connectivity index (χ1n) is 7.85. The van der Waals surface area contributed by atoms with Gasteiger partial charge in [-0.15, -0.1) is 11.3 Å². The minimum absolute atomic E-state index is 0.0371. The molecular weight excluding hydrogens is 328 g/mol. The molecule has 2 atom stereocenters. The summed E-state index contributed by atoms with van der Waals surface area (Å²) in [6.45, 7) is 3.92. The lowest BCUT2D eigenvalue weighted by atomic mass is 9.89. The summed E-state index contributed by atoms with van der Waals surface area (Å²) in [5.74, 6) is 0.262. The third-order valence-electron chi connectivity index (χ3n) is 4.91. The predicted octanol–water partition coefficient (Wildman–Crippen LogP) is 3.05. The highest BCUT2D eigenvalue weighted by atomic mass is 32.2. The number of sulfonamides is 1. The van der Waals surface area contributed by atoms with Crippen molar-refractivity contribution in [1.29, 1.82) is 0 Å². The average molecular weight is 348 g/mol. The normalized spacial score (nSPS) is 24.5. The van der Waals surface area contributed by atoms with Crippen molar-refractivity contribution in [2.24, 2.45) is 0 Å². The number of fused-ring (bicyclic) bond motifs is 3. The molecule has 0 N–H and O–H groups in total. The molecule has 2 aliphatic heterocycles. The van der Waals surface area contributed by atoms with Gasteiger partial charge >= 0.3 is 0 Å². The molecule has 3 heterocycles. The molecule has 6 heteroatoms. The highest BCUT2D eigenvalue weighted by molar-refractivity contribution is 7.94. The van der Waals surface area contributed by atoms with Crippen LogP contribution in [-0.4, -0.2) is 39.5 Å². The molecule has 1 saturated heterocycles. The van der Waals surface area contributed by atoms with E-state index >= 15 is 0 Å². The van der Waals surface area contributed by atoms with Crippen molar-refractivity contribution in [3.05, 3.63) is 46.8 Å². The summed E-state index contributed by atoms with van der Waals surface area (Å²) in [6, 6.07) is 9.70. The summed E-state index contributed by atoms with van der Waals surface area (Å²) in [4.78, 5) is 2.30. The van der Waals surface area contributed by atoms with Gasteiger partial charge in [0.05, 0.1) is 11.7 Å². The van der Waals surface area contributed by atoms with Gasteiger partial charge in [0, 0.05) is 12.5 Å². The summed E-state index contributed by atoms with van der Waals surface area (Å²) < 4.78 is 28.5. The van der Waals surface area contributed by atoms with Crippen molar-refractivity contribution in [2.75, 3.05) is 24.4 Å². The van der Waals surface area contributed by atoms with Crippen LogP contribution in [0.3, 0.4) is 0 Å². The number of anilines is 1. The lowest BCUT2D eigenvalue weighted by Crippen LogP contribution is -2.46. The zero-order valence-corrected chi connectivity index (χ0v) is 14.9. The van der Waals surface area contributed by atoms with Gasteiger partial charge in [-0.25, -0.2) is 8.42 Å². The van der Waals surface area contributed by atoms with E-state index < -0.39 is 10.0 Å². The smallest absolute Gasteiger partial charge is 0.274 e. The fourth-order valence-electron chi connectivity index (χ4n) is 3.85. The maximum Gasteiger partial charge on any atom is 0.274 e. The third-order valence-corrected chi connectivity index (χ3v) is 8.12. The number of rotatable bonds is 2. The highest BCUT2D eigenvalue weighted by Crippen LogP contribution is 2.47. The monoisotopic (exact) mass is 348 g/mol. The SMILES string of the molecule is Cc1ccc2c(c1)[C@H]1CN(C)CC[C@@H]1N2S(=O)(=O)c1cccs1. The second-order valence-corrected chi connectivity index (χ2v) is 9.51. The summed E-state index contributed by atoms with van der Waals surface area (Å²) >= 11 is 1.29. The number of aryl methyl sites for hydroxylation is 1. The van der Waals surface area contributed by atoms with Gasteiger partial charge in [0.1, 0.15) is 4.21 Å². The first-order chi connectivity index (χ1) is 11.0. The number of benzene rings is 1. The van der Waals surface area contributed by atoms with E-state index in [1.807, 2.05) is 17.5 Å². The van der Waals surface area contributed by atoms with Crippen LogP contribution in [0, 0.1) is 6.92 Å². The van der Waals surface area contributed by atoms with Gasteiger partial charge in [0.25, 0.3) is 10.0 Å². The fraction of sp³-hybridized carbons (Fsp3) is 0.412. The molecule has 0 spiro atoms. The Morgan fingerprint density at radius 2 is 2.09 bits per heavy atom. The molecule has 0 amide bonds. The Bertz CT molecular complexity index is 830. The summed E-state index contributed by atoms with van der Waals surface area (Å²) in [5, 5.41) is 1.82. The van der Waals surface area contributed by atoms with Crippen LogP contribution in [-0.2, 0) is 10.0 Å². The van der Waals surface area contributed by atoms with Crippen LogP contribution in [0.1, 0.15) is 23.5 Å². The van der Waals surface area contributed by atoms with Gasteiger partial charge in [0.15, 0.2) is 0 Å². The number of nitrogens with zero attached hydrogens (tertiary/aromatic N) is 2. The zero-order chi connectivity index (χ0) is 16.2. The van der Waals surface area contributed by atoms with E-state index in [2.05, 4.69) is 24.9 Å². The zero-order valence-electron chi connectivity index (χ0n) is 13.3. The van der Waals surface area contributed by atoms with Gasteiger partial charge in [-0.2, -0.15) is 0 Å². The van der Waals surface area contributed by atoms with E-state index in [1.165, 1.54) is 22.5 Å². The Kier molecular flexibility index (Phi) is 3.51. The second-order valence-electron chi connectivity index (χ2n) is 6.52. The van der Waals surface area contributed by atoms with E-state index in [-0.39, 0.29) is 12.0 Å². The van der Waals surface area contributed by atoms with Gasteiger partial charge in [0.2, 0.25) is 0 Å². The molecule has 122 valence electrons.